The number of alkyl halides is 1. The Bertz CT molecular complexity index is 355. The van der Waals surface area contributed by atoms with Crippen molar-refractivity contribution in [2.75, 3.05) is 19.6 Å². The average molecular weight is 257 g/mol. The average Bonchev–Trinajstić information content (AvgIpc) is 2.77. The summed E-state index contributed by atoms with van der Waals surface area (Å²) < 4.78 is 14.4. The Balaban J connectivity index is 2.10. The molecule has 6 heteroatoms. The van der Waals surface area contributed by atoms with Crippen molar-refractivity contribution >= 4 is 11.8 Å². The fourth-order valence-corrected chi connectivity index (χ4v) is 2.72. The van der Waals surface area contributed by atoms with E-state index >= 15 is 0 Å². The van der Waals surface area contributed by atoms with Crippen LogP contribution in [-0.4, -0.2) is 48.1 Å². The molecule has 2 heterocycles. The van der Waals surface area contributed by atoms with Crippen molar-refractivity contribution in [1.82, 2.24) is 10.2 Å². The second-order valence-corrected chi connectivity index (χ2v) is 5.38. The van der Waals surface area contributed by atoms with Gasteiger partial charge in [0.25, 0.3) is 5.91 Å². The fourth-order valence-electron chi connectivity index (χ4n) is 2.72. The Morgan fingerprint density at radius 1 is 1.44 bits per heavy atom. The van der Waals surface area contributed by atoms with Gasteiger partial charge in [-0.05, 0) is 26.3 Å². The van der Waals surface area contributed by atoms with Crippen molar-refractivity contribution < 1.29 is 14.0 Å². The molecule has 0 aromatic heterocycles. The van der Waals surface area contributed by atoms with Gasteiger partial charge >= 0.3 is 0 Å². The third kappa shape index (κ3) is 2.34. The first kappa shape index (κ1) is 13.3. The zero-order valence-corrected chi connectivity index (χ0v) is 10.6. The van der Waals surface area contributed by atoms with Gasteiger partial charge in [-0.3, -0.25) is 9.59 Å². The van der Waals surface area contributed by atoms with Crippen LogP contribution in [0, 0.1) is 5.92 Å². The topological polar surface area (TPSA) is 75.4 Å². The molecule has 2 fully saturated rings. The van der Waals surface area contributed by atoms with E-state index in [1.165, 1.54) is 4.90 Å². The molecular formula is C12H20FN3O2. The van der Waals surface area contributed by atoms with Crippen LogP contribution >= 0.6 is 0 Å². The van der Waals surface area contributed by atoms with E-state index in [0.29, 0.717) is 19.4 Å². The normalized spacial score (nSPS) is 36.7. The van der Waals surface area contributed by atoms with Crippen molar-refractivity contribution in [2.24, 2.45) is 11.7 Å². The highest BCUT2D eigenvalue weighted by atomic mass is 19.1. The number of hydrogen-bond acceptors (Lipinski definition) is 3. The number of hydrogen-bond donors (Lipinski definition) is 2. The molecule has 3 unspecified atom stereocenters. The van der Waals surface area contributed by atoms with Crippen LogP contribution in [0.1, 0.15) is 26.2 Å². The number of carbonyl (C=O) groups is 2. The molecule has 2 saturated heterocycles. The second kappa shape index (κ2) is 4.84. The fraction of sp³-hybridized carbons (Fsp3) is 0.833. The van der Waals surface area contributed by atoms with Gasteiger partial charge in [0.2, 0.25) is 11.6 Å². The Morgan fingerprint density at radius 2 is 2.17 bits per heavy atom. The molecule has 0 saturated carbocycles. The number of nitrogens with two attached hydrogens (primary N) is 1. The molecule has 3 N–H and O–H groups in total. The predicted molar refractivity (Wildman–Crippen MR) is 64.4 cm³/mol. The Morgan fingerprint density at radius 3 is 2.72 bits per heavy atom. The number of amides is 2. The van der Waals surface area contributed by atoms with Gasteiger partial charge in [-0.2, -0.15) is 0 Å². The van der Waals surface area contributed by atoms with Crippen molar-refractivity contribution in [3.8, 4) is 0 Å². The number of likely N-dealkylation sites (tertiary alicyclic amines) is 1. The Labute approximate surface area is 106 Å². The number of nitrogens with zero attached hydrogens (tertiary/aromatic N) is 1. The minimum atomic E-state index is -1.81. The number of primary amides is 1. The van der Waals surface area contributed by atoms with Crippen LogP contribution in [0.3, 0.4) is 0 Å². The summed E-state index contributed by atoms with van der Waals surface area (Å²) >= 11 is 0. The molecule has 0 radical (unpaired) electrons. The van der Waals surface area contributed by atoms with Crippen molar-refractivity contribution in [3.63, 3.8) is 0 Å². The van der Waals surface area contributed by atoms with Crippen LogP contribution in [0.2, 0.25) is 0 Å². The van der Waals surface area contributed by atoms with Crippen LogP contribution in [0.5, 0.6) is 0 Å². The lowest BCUT2D eigenvalue weighted by atomic mass is 9.91. The first-order valence-corrected chi connectivity index (χ1v) is 6.44. The molecular weight excluding hydrogens is 237 g/mol. The smallest absolute Gasteiger partial charge is 0.261 e. The lowest BCUT2D eigenvalue weighted by Gasteiger charge is -2.39. The van der Waals surface area contributed by atoms with Gasteiger partial charge in [-0.25, -0.2) is 4.39 Å². The van der Waals surface area contributed by atoms with E-state index in [1.807, 2.05) is 6.92 Å². The van der Waals surface area contributed by atoms with Crippen LogP contribution in [0.25, 0.3) is 0 Å². The van der Waals surface area contributed by atoms with Crippen molar-refractivity contribution in [1.29, 1.82) is 0 Å². The van der Waals surface area contributed by atoms with Gasteiger partial charge in [0, 0.05) is 25.6 Å². The monoisotopic (exact) mass is 257 g/mol. The van der Waals surface area contributed by atoms with E-state index < -0.39 is 17.5 Å². The maximum absolute atomic E-state index is 14.4. The number of rotatable bonds is 2. The highest BCUT2D eigenvalue weighted by Crippen LogP contribution is 2.28. The van der Waals surface area contributed by atoms with Gasteiger partial charge < -0.3 is 16.0 Å². The van der Waals surface area contributed by atoms with E-state index in [0.717, 1.165) is 0 Å². The van der Waals surface area contributed by atoms with E-state index in [2.05, 4.69) is 5.32 Å². The molecule has 2 amide bonds. The highest BCUT2D eigenvalue weighted by Gasteiger charge is 2.46. The van der Waals surface area contributed by atoms with Crippen LogP contribution in [0.15, 0.2) is 0 Å². The van der Waals surface area contributed by atoms with Gasteiger partial charge in [0.05, 0.1) is 5.92 Å². The summed E-state index contributed by atoms with van der Waals surface area (Å²) in [6.07, 6.45) is 1.58. The van der Waals surface area contributed by atoms with Crippen LogP contribution in [0.4, 0.5) is 4.39 Å². The van der Waals surface area contributed by atoms with E-state index in [4.69, 9.17) is 5.73 Å². The maximum atomic E-state index is 14.4. The highest BCUT2D eigenvalue weighted by molar-refractivity contribution is 5.87. The van der Waals surface area contributed by atoms with Crippen LogP contribution in [-0.2, 0) is 9.59 Å². The summed E-state index contributed by atoms with van der Waals surface area (Å²) in [4.78, 5) is 25.0. The number of carbonyl (C=O) groups excluding carboxylic acids is 2. The summed E-state index contributed by atoms with van der Waals surface area (Å²) in [5.74, 6) is -1.24. The van der Waals surface area contributed by atoms with E-state index in [1.54, 1.807) is 0 Å². The zero-order valence-electron chi connectivity index (χ0n) is 10.6. The molecule has 5 nitrogen and oxygen atoms in total. The third-order valence-electron chi connectivity index (χ3n) is 4.03. The number of nitrogens with one attached hydrogen (secondary N) is 1. The van der Waals surface area contributed by atoms with Gasteiger partial charge in [-0.15, -0.1) is 0 Å². The zero-order chi connectivity index (χ0) is 13.3. The van der Waals surface area contributed by atoms with Gasteiger partial charge in [0.1, 0.15) is 0 Å². The standard InChI is InChI=1S/C12H20FN3O2/c1-8-2-3-9(10(14)17)6-16(8)11(18)12(13)4-5-15-7-12/h8-9,15H,2-7H2,1H3,(H2,14,17). The summed E-state index contributed by atoms with van der Waals surface area (Å²) in [6, 6.07) is -0.0266. The van der Waals surface area contributed by atoms with Crippen LogP contribution < -0.4 is 11.1 Å². The molecule has 2 aliphatic rings. The lowest BCUT2D eigenvalue weighted by molar-refractivity contribution is -0.148. The van der Waals surface area contributed by atoms with E-state index in [9.17, 15) is 14.0 Å². The maximum Gasteiger partial charge on any atom is 0.261 e. The second-order valence-electron chi connectivity index (χ2n) is 5.38. The van der Waals surface area contributed by atoms with Gasteiger partial charge in [0.15, 0.2) is 0 Å². The first-order chi connectivity index (χ1) is 8.44. The van der Waals surface area contributed by atoms with Gasteiger partial charge in [-0.1, -0.05) is 0 Å². The summed E-state index contributed by atoms with van der Waals surface area (Å²) in [7, 11) is 0. The summed E-state index contributed by atoms with van der Waals surface area (Å²) in [6.45, 7) is 2.72. The molecule has 0 aromatic rings. The quantitative estimate of drug-likeness (QED) is 0.719. The number of halogens is 1. The third-order valence-corrected chi connectivity index (χ3v) is 4.03. The first-order valence-electron chi connectivity index (χ1n) is 6.44. The molecule has 18 heavy (non-hydrogen) atoms. The van der Waals surface area contributed by atoms with Crippen molar-refractivity contribution in [2.45, 2.75) is 37.9 Å². The predicted octanol–water partition coefficient (Wildman–Crippen LogP) is -0.200. The number of piperidine rings is 1. The minimum Gasteiger partial charge on any atom is -0.369 e. The largest absolute Gasteiger partial charge is 0.369 e. The molecule has 0 bridgehead atoms. The van der Waals surface area contributed by atoms with E-state index in [-0.39, 0.29) is 31.5 Å². The minimum absolute atomic E-state index is 0.0266. The lowest BCUT2D eigenvalue weighted by Crippen LogP contribution is -2.55. The molecule has 3 atom stereocenters. The molecule has 2 aliphatic heterocycles. The summed E-state index contributed by atoms with van der Waals surface area (Å²) in [5.41, 5.74) is 3.47. The SMILES string of the molecule is CC1CCC(C(N)=O)CN1C(=O)C1(F)CCNC1. The van der Waals surface area contributed by atoms with Crippen molar-refractivity contribution in [3.05, 3.63) is 0 Å². The molecule has 0 aromatic carbocycles. The molecule has 102 valence electrons. The Hall–Kier alpha value is -1.17. The summed E-state index contributed by atoms with van der Waals surface area (Å²) in [5, 5.41) is 2.87. The molecule has 0 spiro atoms. The molecule has 2 rings (SSSR count). The molecule has 0 aliphatic carbocycles. The Kier molecular flexibility index (Phi) is 3.56.